The minimum absolute atomic E-state index is 0.241. The Kier molecular flexibility index (Phi) is 3.71. The van der Waals surface area contributed by atoms with Gasteiger partial charge in [0.1, 0.15) is 5.82 Å². The van der Waals surface area contributed by atoms with E-state index in [2.05, 4.69) is 0 Å². The number of benzene rings is 2. The SMILES string of the molecule is CN(C(=O)c1ccc(Cl)c(N)c1)c1ccc(F)cc1. The van der Waals surface area contributed by atoms with Crippen LogP contribution >= 0.6 is 11.6 Å². The van der Waals surface area contributed by atoms with Gasteiger partial charge in [-0.25, -0.2) is 4.39 Å². The number of nitrogens with zero attached hydrogens (tertiary/aromatic N) is 1. The maximum absolute atomic E-state index is 12.8. The minimum Gasteiger partial charge on any atom is -0.398 e. The van der Waals surface area contributed by atoms with Crippen molar-refractivity contribution in [1.29, 1.82) is 0 Å². The fourth-order valence-corrected chi connectivity index (χ4v) is 1.77. The third-order valence-corrected chi connectivity index (χ3v) is 3.11. The summed E-state index contributed by atoms with van der Waals surface area (Å²) in [5.74, 6) is -0.588. The molecule has 0 heterocycles. The lowest BCUT2D eigenvalue weighted by atomic mass is 10.1. The second-order valence-corrected chi connectivity index (χ2v) is 4.48. The Labute approximate surface area is 115 Å². The van der Waals surface area contributed by atoms with Crippen LogP contribution in [-0.4, -0.2) is 13.0 Å². The van der Waals surface area contributed by atoms with Gasteiger partial charge in [-0.1, -0.05) is 11.6 Å². The van der Waals surface area contributed by atoms with E-state index < -0.39 is 0 Å². The van der Waals surface area contributed by atoms with Crippen LogP contribution in [0.2, 0.25) is 5.02 Å². The molecule has 0 saturated heterocycles. The smallest absolute Gasteiger partial charge is 0.258 e. The molecule has 5 heteroatoms. The summed E-state index contributed by atoms with van der Waals surface area (Å²) in [5, 5.41) is 0.404. The van der Waals surface area contributed by atoms with E-state index in [1.165, 1.54) is 35.2 Å². The molecular formula is C14H12ClFN2O. The van der Waals surface area contributed by atoms with Crippen molar-refractivity contribution in [2.75, 3.05) is 17.7 Å². The van der Waals surface area contributed by atoms with E-state index in [9.17, 15) is 9.18 Å². The summed E-state index contributed by atoms with van der Waals surface area (Å²) in [6.45, 7) is 0. The van der Waals surface area contributed by atoms with Crippen molar-refractivity contribution in [2.24, 2.45) is 0 Å². The van der Waals surface area contributed by atoms with Gasteiger partial charge in [-0.05, 0) is 42.5 Å². The monoisotopic (exact) mass is 278 g/mol. The van der Waals surface area contributed by atoms with Crippen LogP contribution in [0.15, 0.2) is 42.5 Å². The van der Waals surface area contributed by atoms with Crippen LogP contribution in [0.3, 0.4) is 0 Å². The average Bonchev–Trinajstić information content (AvgIpc) is 2.41. The lowest BCUT2D eigenvalue weighted by molar-refractivity contribution is 0.0993. The van der Waals surface area contributed by atoms with Gasteiger partial charge in [-0.15, -0.1) is 0 Å². The Morgan fingerprint density at radius 2 is 1.84 bits per heavy atom. The second kappa shape index (κ2) is 5.28. The molecule has 19 heavy (non-hydrogen) atoms. The third kappa shape index (κ3) is 2.85. The molecule has 0 aromatic heterocycles. The summed E-state index contributed by atoms with van der Waals surface area (Å²) < 4.78 is 12.8. The van der Waals surface area contributed by atoms with Crippen LogP contribution in [0.5, 0.6) is 0 Å². The maximum atomic E-state index is 12.8. The molecule has 0 fully saturated rings. The number of amides is 1. The molecule has 98 valence electrons. The largest absolute Gasteiger partial charge is 0.398 e. The number of carbonyl (C=O) groups excluding carboxylic acids is 1. The zero-order valence-corrected chi connectivity index (χ0v) is 11.0. The van der Waals surface area contributed by atoms with Gasteiger partial charge in [0.25, 0.3) is 5.91 Å². The molecule has 0 aliphatic carbocycles. The van der Waals surface area contributed by atoms with Crippen LogP contribution in [0.1, 0.15) is 10.4 Å². The highest BCUT2D eigenvalue weighted by Crippen LogP contribution is 2.22. The topological polar surface area (TPSA) is 46.3 Å². The molecule has 0 saturated carbocycles. The van der Waals surface area contributed by atoms with Gasteiger partial charge in [0.2, 0.25) is 0 Å². The Morgan fingerprint density at radius 1 is 1.21 bits per heavy atom. The highest BCUT2D eigenvalue weighted by molar-refractivity contribution is 6.33. The number of rotatable bonds is 2. The van der Waals surface area contributed by atoms with E-state index in [0.717, 1.165) is 0 Å². The predicted octanol–water partition coefficient (Wildman–Crippen LogP) is 3.34. The molecular weight excluding hydrogens is 267 g/mol. The molecule has 0 bridgehead atoms. The number of hydrogen-bond acceptors (Lipinski definition) is 2. The highest BCUT2D eigenvalue weighted by atomic mass is 35.5. The van der Waals surface area contributed by atoms with Crippen LogP contribution < -0.4 is 10.6 Å². The average molecular weight is 279 g/mol. The zero-order valence-electron chi connectivity index (χ0n) is 10.2. The van der Waals surface area contributed by atoms with Gasteiger partial charge < -0.3 is 10.6 Å². The molecule has 2 aromatic carbocycles. The van der Waals surface area contributed by atoms with E-state index in [0.29, 0.717) is 22.0 Å². The van der Waals surface area contributed by atoms with Crippen molar-refractivity contribution in [3.05, 3.63) is 58.9 Å². The summed E-state index contributed by atoms with van der Waals surface area (Å²) in [4.78, 5) is 13.6. The zero-order chi connectivity index (χ0) is 14.0. The van der Waals surface area contributed by atoms with E-state index >= 15 is 0 Å². The minimum atomic E-state index is -0.347. The van der Waals surface area contributed by atoms with Crippen LogP contribution in [0, 0.1) is 5.82 Å². The first-order valence-electron chi connectivity index (χ1n) is 5.57. The summed E-state index contributed by atoms with van der Waals surface area (Å²) in [5.41, 5.74) is 7.03. The molecule has 0 radical (unpaired) electrons. The number of carbonyl (C=O) groups is 1. The van der Waals surface area contributed by atoms with Crippen LogP contribution in [0.4, 0.5) is 15.8 Å². The van der Waals surface area contributed by atoms with E-state index in [-0.39, 0.29) is 11.7 Å². The summed E-state index contributed by atoms with van der Waals surface area (Å²) in [6.07, 6.45) is 0. The molecule has 1 amide bonds. The number of nitrogens with two attached hydrogens (primary N) is 1. The fourth-order valence-electron chi connectivity index (χ4n) is 1.65. The van der Waals surface area contributed by atoms with Gasteiger partial charge >= 0.3 is 0 Å². The summed E-state index contributed by atoms with van der Waals surface area (Å²) in [7, 11) is 1.61. The van der Waals surface area contributed by atoms with Crippen molar-refractivity contribution < 1.29 is 9.18 Å². The van der Waals surface area contributed by atoms with Gasteiger partial charge in [0, 0.05) is 18.3 Å². The molecule has 2 N–H and O–H groups in total. The molecule has 0 aliphatic heterocycles. The Morgan fingerprint density at radius 3 is 2.42 bits per heavy atom. The lowest BCUT2D eigenvalue weighted by Gasteiger charge is -2.17. The highest BCUT2D eigenvalue weighted by Gasteiger charge is 2.14. The van der Waals surface area contributed by atoms with Crippen molar-refractivity contribution >= 4 is 28.9 Å². The van der Waals surface area contributed by atoms with Gasteiger partial charge in [0.05, 0.1) is 10.7 Å². The van der Waals surface area contributed by atoms with Gasteiger partial charge in [0.15, 0.2) is 0 Å². The van der Waals surface area contributed by atoms with Gasteiger partial charge in [-0.2, -0.15) is 0 Å². The van der Waals surface area contributed by atoms with Gasteiger partial charge in [-0.3, -0.25) is 4.79 Å². The summed E-state index contributed by atoms with van der Waals surface area (Å²) in [6, 6.07) is 10.4. The van der Waals surface area contributed by atoms with Crippen molar-refractivity contribution in [3.63, 3.8) is 0 Å². The first-order chi connectivity index (χ1) is 8.99. The van der Waals surface area contributed by atoms with Crippen LogP contribution in [0.25, 0.3) is 0 Å². The molecule has 3 nitrogen and oxygen atoms in total. The van der Waals surface area contributed by atoms with E-state index in [4.69, 9.17) is 17.3 Å². The molecule has 0 spiro atoms. The van der Waals surface area contributed by atoms with Crippen molar-refractivity contribution in [2.45, 2.75) is 0 Å². The normalized spacial score (nSPS) is 10.3. The summed E-state index contributed by atoms with van der Waals surface area (Å²) >= 11 is 5.81. The van der Waals surface area contributed by atoms with E-state index in [1.54, 1.807) is 19.2 Å². The quantitative estimate of drug-likeness (QED) is 0.857. The van der Waals surface area contributed by atoms with Crippen molar-refractivity contribution in [3.8, 4) is 0 Å². The number of anilines is 2. The third-order valence-electron chi connectivity index (χ3n) is 2.76. The Hall–Kier alpha value is -2.07. The number of nitrogen functional groups attached to an aromatic ring is 1. The molecule has 0 aliphatic rings. The number of halogens is 2. The standard InChI is InChI=1S/C14H12ClFN2O/c1-18(11-5-3-10(16)4-6-11)14(19)9-2-7-12(15)13(17)8-9/h2-8H,17H2,1H3. The second-order valence-electron chi connectivity index (χ2n) is 4.08. The molecule has 2 aromatic rings. The Balaban J connectivity index is 2.28. The van der Waals surface area contributed by atoms with E-state index in [1.807, 2.05) is 0 Å². The Bertz CT molecular complexity index is 613. The first kappa shape index (κ1) is 13.4. The predicted molar refractivity (Wildman–Crippen MR) is 75.0 cm³/mol. The molecule has 0 unspecified atom stereocenters. The van der Waals surface area contributed by atoms with Crippen molar-refractivity contribution in [1.82, 2.24) is 0 Å². The maximum Gasteiger partial charge on any atom is 0.258 e. The fraction of sp³-hybridized carbons (Fsp3) is 0.0714. The lowest BCUT2D eigenvalue weighted by Crippen LogP contribution is -2.26. The number of hydrogen-bond donors (Lipinski definition) is 1. The van der Waals surface area contributed by atoms with Crippen LogP contribution in [-0.2, 0) is 0 Å². The molecule has 0 atom stereocenters. The first-order valence-corrected chi connectivity index (χ1v) is 5.95. The molecule has 2 rings (SSSR count).